The highest BCUT2D eigenvalue weighted by Gasteiger charge is 2.19. The molecule has 1 N–H and O–H groups in total. The lowest BCUT2D eigenvalue weighted by Gasteiger charge is -2.21. The minimum atomic E-state index is 0.267. The first-order valence-electron chi connectivity index (χ1n) is 9.69. The van der Waals surface area contributed by atoms with E-state index in [1.165, 1.54) is 22.3 Å². The molecular weight excluding hydrogens is 302 g/mol. The molecule has 1 rings (SSSR count). The van der Waals surface area contributed by atoms with Crippen LogP contribution < -0.4 is 0 Å². The molecule has 1 nitrogen and oxygen atoms in total. The van der Waals surface area contributed by atoms with Crippen molar-refractivity contribution in [2.24, 2.45) is 11.8 Å². The van der Waals surface area contributed by atoms with Crippen molar-refractivity contribution in [1.82, 2.24) is 0 Å². The highest BCUT2D eigenvalue weighted by Crippen LogP contribution is 2.27. The van der Waals surface area contributed by atoms with E-state index in [0.717, 1.165) is 30.5 Å². The van der Waals surface area contributed by atoms with E-state index < -0.39 is 0 Å². The van der Waals surface area contributed by atoms with Gasteiger partial charge < -0.3 is 5.41 Å². The van der Waals surface area contributed by atoms with Crippen LogP contribution >= 0.6 is 0 Å². The molecule has 0 saturated heterocycles. The van der Waals surface area contributed by atoms with Crippen LogP contribution in [0.15, 0.2) is 42.0 Å². The van der Waals surface area contributed by atoms with Crippen molar-refractivity contribution in [2.75, 3.05) is 0 Å². The molecule has 0 aliphatic heterocycles. The van der Waals surface area contributed by atoms with Gasteiger partial charge in [0, 0.05) is 11.6 Å². The fourth-order valence-corrected chi connectivity index (χ4v) is 3.45. The van der Waals surface area contributed by atoms with Crippen LogP contribution in [0.5, 0.6) is 0 Å². The molecule has 0 heterocycles. The Morgan fingerprint density at radius 2 is 1.80 bits per heavy atom. The Bertz CT molecular complexity index is 631. The number of allylic oxidation sites excluding steroid dienone is 3. The van der Waals surface area contributed by atoms with Crippen LogP contribution in [0, 0.1) is 24.2 Å². The summed E-state index contributed by atoms with van der Waals surface area (Å²) < 4.78 is 0. The van der Waals surface area contributed by atoms with Gasteiger partial charge in [0.1, 0.15) is 0 Å². The smallest absolute Gasteiger partial charge is 0.0423 e. The summed E-state index contributed by atoms with van der Waals surface area (Å²) in [5, 5.41) is 8.83. The van der Waals surface area contributed by atoms with Crippen LogP contribution in [0.4, 0.5) is 0 Å². The monoisotopic (exact) mass is 339 g/mol. The molecule has 25 heavy (non-hydrogen) atoms. The van der Waals surface area contributed by atoms with Gasteiger partial charge in [-0.15, -0.1) is 0 Å². The third-order valence-corrected chi connectivity index (χ3v) is 4.71. The molecule has 1 aromatic rings. The summed E-state index contributed by atoms with van der Waals surface area (Å²) in [6.45, 7) is 19.6. The Kier molecular flexibility index (Phi) is 8.35. The standard InChI is InChI=1S/C24H37N/c1-9-21(14-20(8)13-19(7)12-16(2)3)24(25)22-11-10-18(6)15-23(22)17(4)5/h10-11,13,15-17,21,25H,7,9,12,14H2,1-6,8H3/b20-13+,25-24?. The van der Waals surface area contributed by atoms with Crippen LogP contribution in [0.3, 0.4) is 0 Å². The lowest BCUT2D eigenvalue weighted by atomic mass is 9.84. The molecule has 1 heteroatoms. The predicted molar refractivity (Wildman–Crippen MR) is 113 cm³/mol. The summed E-state index contributed by atoms with van der Waals surface area (Å²) in [4.78, 5) is 0. The minimum absolute atomic E-state index is 0.267. The first kappa shape index (κ1) is 21.4. The van der Waals surface area contributed by atoms with Gasteiger partial charge in [-0.05, 0) is 56.1 Å². The maximum absolute atomic E-state index is 8.83. The second kappa shape index (κ2) is 9.75. The summed E-state index contributed by atoms with van der Waals surface area (Å²) in [5.41, 5.74) is 7.02. The van der Waals surface area contributed by atoms with Crippen molar-refractivity contribution in [1.29, 1.82) is 5.41 Å². The zero-order valence-electron chi connectivity index (χ0n) is 17.4. The lowest BCUT2D eigenvalue weighted by Crippen LogP contribution is -2.17. The highest BCUT2D eigenvalue weighted by molar-refractivity contribution is 6.01. The van der Waals surface area contributed by atoms with E-state index in [2.05, 4.69) is 79.3 Å². The highest BCUT2D eigenvalue weighted by atomic mass is 14.5. The van der Waals surface area contributed by atoms with Crippen molar-refractivity contribution in [3.05, 3.63) is 58.7 Å². The molecule has 0 bridgehead atoms. The quantitative estimate of drug-likeness (QED) is 0.357. The molecule has 0 fully saturated rings. The van der Waals surface area contributed by atoms with Gasteiger partial charge >= 0.3 is 0 Å². The molecule has 0 radical (unpaired) electrons. The fraction of sp³-hybridized carbons (Fsp3) is 0.542. The number of hydrogen-bond acceptors (Lipinski definition) is 1. The predicted octanol–water partition coefficient (Wildman–Crippen LogP) is 7.45. The van der Waals surface area contributed by atoms with E-state index in [4.69, 9.17) is 5.41 Å². The third kappa shape index (κ3) is 6.65. The maximum Gasteiger partial charge on any atom is 0.0423 e. The summed E-state index contributed by atoms with van der Waals surface area (Å²) in [6.07, 6.45) is 5.21. The van der Waals surface area contributed by atoms with Gasteiger partial charge in [-0.2, -0.15) is 0 Å². The van der Waals surface area contributed by atoms with E-state index in [9.17, 15) is 0 Å². The molecule has 1 aromatic carbocycles. The minimum Gasteiger partial charge on any atom is -0.304 e. The Hall–Kier alpha value is -1.63. The SMILES string of the molecule is C=C(/C=C(\C)CC(CC)C(=N)c1ccc(C)cc1C(C)C)CC(C)C. The van der Waals surface area contributed by atoms with E-state index >= 15 is 0 Å². The van der Waals surface area contributed by atoms with E-state index in [-0.39, 0.29) is 5.92 Å². The second-order valence-corrected chi connectivity index (χ2v) is 8.22. The largest absolute Gasteiger partial charge is 0.304 e. The molecular formula is C24H37N. The molecule has 1 atom stereocenters. The van der Waals surface area contributed by atoms with Gasteiger partial charge in [0.2, 0.25) is 0 Å². The molecule has 1 unspecified atom stereocenters. The number of rotatable bonds is 9. The number of hydrogen-bond donors (Lipinski definition) is 1. The van der Waals surface area contributed by atoms with Crippen molar-refractivity contribution in [3.8, 4) is 0 Å². The zero-order chi connectivity index (χ0) is 19.1. The molecule has 0 amide bonds. The first-order chi connectivity index (χ1) is 11.6. The normalized spacial score (nSPS) is 13.4. The number of benzene rings is 1. The summed E-state index contributed by atoms with van der Waals surface area (Å²) in [7, 11) is 0. The molecule has 0 aromatic heterocycles. The van der Waals surface area contributed by atoms with E-state index in [1.54, 1.807) is 0 Å². The summed E-state index contributed by atoms with van der Waals surface area (Å²) >= 11 is 0. The topological polar surface area (TPSA) is 23.9 Å². The Balaban J connectivity index is 2.99. The second-order valence-electron chi connectivity index (χ2n) is 8.22. The zero-order valence-corrected chi connectivity index (χ0v) is 17.4. The number of nitrogens with one attached hydrogen (secondary N) is 1. The molecule has 0 saturated carbocycles. The molecule has 138 valence electrons. The maximum atomic E-state index is 8.83. The third-order valence-electron chi connectivity index (χ3n) is 4.71. The first-order valence-corrected chi connectivity index (χ1v) is 9.69. The molecule has 0 spiro atoms. The lowest BCUT2D eigenvalue weighted by molar-refractivity contribution is 0.641. The van der Waals surface area contributed by atoms with Crippen molar-refractivity contribution in [3.63, 3.8) is 0 Å². The molecule has 0 aliphatic rings. The Labute approximate surface area is 155 Å². The van der Waals surface area contributed by atoms with Gasteiger partial charge in [-0.1, -0.05) is 82.2 Å². The van der Waals surface area contributed by atoms with Gasteiger partial charge in [0.15, 0.2) is 0 Å². The van der Waals surface area contributed by atoms with E-state index in [0.29, 0.717) is 11.8 Å². The van der Waals surface area contributed by atoms with Crippen LogP contribution in [-0.2, 0) is 0 Å². The Morgan fingerprint density at radius 1 is 1.16 bits per heavy atom. The summed E-state index contributed by atoms with van der Waals surface area (Å²) in [5.74, 6) is 1.34. The number of aryl methyl sites for hydroxylation is 1. The van der Waals surface area contributed by atoms with Crippen molar-refractivity contribution < 1.29 is 0 Å². The van der Waals surface area contributed by atoms with Gasteiger partial charge in [-0.3, -0.25) is 0 Å². The Morgan fingerprint density at radius 3 is 2.32 bits per heavy atom. The van der Waals surface area contributed by atoms with Crippen LogP contribution in [0.1, 0.15) is 83.4 Å². The van der Waals surface area contributed by atoms with Gasteiger partial charge in [-0.25, -0.2) is 0 Å². The van der Waals surface area contributed by atoms with Gasteiger partial charge in [0.25, 0.3) is 0 Å². The average molecular weight is 340 g/mol. The fourth-order valence-electron chi connectivity index (χ4n) is 3.45. The van der Waals surface area contributed by atoms with E-state index in [1.807, 2.05) is 0 Å². The van der Waals surface area contributed by atoms with Crippen molar-refractivity contribution in [2.45, 2.75) is 73.6 Å². The summed E-state index contributed by atoms with van der Waals surface area (Å²) in [6, 6.07) is 6.52. The van der Waals surface area contributed by atoms with Crippen molar-refractivity contribution >= 4 is 5.71 Å². The van der Waals surface area contributed by atoms with Crippen LogP contribution in [0.2, 0.25) is 0 Å². The molecule has 0 aliphatic carbocycles. The van der Waals surface area contributed by atoms with Gasteiger partial charge in [0.05, 0.1) is 0 Å². The average Bonchev–Trinajstić information content (AvgIpc) is 2.50. The van der Waals surface area contributed by atoms with Crippen LogP contribution in [-0.4, -0.2) is 5.71 Å². The van der Waals surface area contributed by atoms with Crippen LogP contribution in [0.25, 0.3) is 0 Å².